The van der Waals surface area contributed by atoms with E-state index in [9.17, 15) is 31.5 Å². The second-order valence-corrected chi connectivity index (χ2v) is 5.35. The van der Waals surface area contributed by atoms with E-state index in [-0.39, 0.29) is 0 Å². The molecule has 0 aliphatic rings. The van der Waals surface area contributed by atoms with Crippen LogP contribution in [0.3, 0.4) is 0 Å². The summed E-state index contributed by atoms with van der Waals surface area (Å²) in [5, 5.41) is 8.59. The number of pyridine rings is 1. The van der Waals surface area contributed by atoms with Gasteiger partial charge in [0.25, 0.3) is 0 Å². The molecule has 0 unspecified atom stereocenters. The molecule has 9 heteroatoms. The summed E-state index contributed by atoms with van der Waals surface area (Å²) < 4.78 is 67.7. The second-order valence-electron chi connectivity index (χ2n) is 5.35. The van der Waals surface area contributed by atoms with Crippen molar-refractivity contribution in [2.24, 2.45) is 0 Å². The SMILES string of the molecule is O=C(O)c1cn(-c2ccccc2C(F)(F)F)c2cc(F)c(F)cc2c1=O. The highest BCUT2D eigenvalue weighted by atomic mass is 19.4. The molecule has 0 radical (unpaired) electrons. The molecule has 134 valence electrons. The van der Waals surface area contributed by atoms with Crippen LogP contribution in [0.5, 0.6) is 0 Å². The Kier molecular flexibility index (Phi) is 4.02. The smallest absolute Gasteiger partial charge is 0.418 e. The Labute approximate surface area is 141 Å². The molecule has 0 atom stereocenters. The number of alkyl halides is 3. The standard InChI is InChI=1S/C17H8F5NO3/c18-11-5-8-14(6-12(11)19)23(7-9(15(8)24)16(25)26)13-4-2-1-3-10(13)17(20,21)22/h1-7H,(H,25,26). The van der Waals surface area contributed by atoms with Gasteiger partial charge in [0.05, 0.1) is 22.2 Å². The predicted molar refractivity (Wildman–Crippen MR) is 81.4 cm³/mol. The Hall–Kier alpha value is -3.23. The number of halogens is 5. The summed E-state index contributed by atoms with van der Waals surface area (Å²) in [6.45, 7) is 0. The maximum atomic E-state index is 13.6. The van der Waals surface area contributed by atoms with Crippen molar-refractivity contribution in [2.75, 3.05) is 0 Å². The Morgan fingerprint density at radius 1 is 1.04 bits per heavy atom. The molecule has 2 aromatic carbocycles. The molecule has 0 amide bonds. The topological polar surface area (TPSA) is 59.3 Å². The first kappa shape index (κ1) is 17.6. The molecule has 0 saturated heterocycles. The number of carboxylic acid groups (broad SMARTS) is 1. The van der Waals surface area contributed by atoms with E-state index in [1.165, 1.54) is 6.07 Å². The van der Waals surface area contributed by atoms with Gasteiger partial charge < -0.3 is 9.67 Å². The lowest BCUT2D eigenvalue weighted by Gasteiger charge is -2.18. The molecule has 3 rings (SSSR count). The minimum atomic E-state index is -4.80. The number of hydrogen-bond donors (Lipinski definition) is 1. The van der Waals surface area contributed by atoms with E-state index in [1.807, 2.05) is 0 Å². The lowest BCUT2D eigenvalue weighted by Crippen LogP contribution is -2.20. The molecular formula is C17H8F5NO3. The van der Waals surface area contributed by atoms with Crippen molar-refractivity contribution in [3.8, 4) is 5.69 Å². The van der Waals surface area contributed by atoms with Crippen molar-refractivity contribution in [2.45, 2.75) is 6.18 Å². The molecule has 3 aromatic rings. The summed E-state index contributed by atoms with van der Waals surface area (Å²) in [7, 11) is 0. The maximum absolute atomic E-state index is 13.6. The van der Waals surface area contributed by atoms with E-state index in [0.717, 1.165) is 18.2 Å². The van der Waals surface area contributed by atoms with Crippen LogP contribution in [0.1, 0.15) is 15.9 Å². The lowest BCUT2D eigenvalue weighted by molar-refractivity contribution is -0.137. The van der Waals surface area contributed by atoms with Crippen molar-refractivity contribution >= 4 is 16.9 Å². The molecule has 0 aliphatic heterocycles. The average molecular weight is 369 g/mol. The molecule has 0 saturated carbocycles. The summed E-state index contributed by atoms with van der Waals surface area (Å²) in [4.78, 5) is 23.5. The molecule has 0 aliphatic carbocycles. The Morgan fingerprint density at radius 3 is 2.27 bits per heavy atom. The van der Waals surface area contributed by atoms with Crippen molar-refractivity contribution < 1.29 is 31.9 Å². The highest BCUT2D eigenvalue weighted by Crippen LogP contribution is 2.34. The summed E-state index contributed by atoms with van der Waals surface area (Å²) in [5.41, 5.74) is -4.06. The number of para-hydroxylation sites is 1. The normalized spacial score (nSPS) is 11.7. The summed E-state index contributed by atoms with van der Waals surface area (Å²) >= 11 is 0. The van der Waals surface area contributed by atoms with Crippen LogP contribution in [0.2, 0.25) is 0 Å². The van der Waals surface area contributed by atoms with Crippen molar-refractivity contribution in [1.82, 2.24) is 4.57 Å². The number of carboxylic acids is 1. The van der Waals surface area contributed by atoms with Crippen LogP contribution in [-0.2, 0) is 6.18 Å². The summed E-state index contributed by atoms with van der Waals surface area (Å²) in [6.07, 6.45) is -4.14. The van der Waals surface area contributed by atoms with E-state index in [2.05, 4.69) is 0 Å². The summed E-state index contributed by atoms with van der Waals surface area (Å²) in [6, 6.07) is 5.17. The van der Waals surface area contributed by atoms with Gasteiger partial charge in [0, 0.05) is 12.3 Å². The van der Waals surface area contributed by atoms with Crippen LogP contribution in [-0.4, -0.2) is 15.6 Å². The van der Waals surface area contributed by atoms with E-state index in [1.54, 1.807) is 0 Å². The fourth-order valence-corrected chi connectivity index (χ4v) is 2.59. The fourth-order valence-electron chi connectivity index (χ4n) is 2.59. The summed E-state index contributed by atoms with van der Waals surface area (Å²) in [5.74, 6) is -4.52. The molecule has 4 nitrogen and oxygen atoms in total. The van der Waals surface area contributed by atoms with Gasteiger partial charge in [-0.25, -0.2) is 13.6 Å². The molecule has 0 fully saturated rings. The van der Waals surface area contributed by atoms with Crippen molar-refractivity contribution in [3.05, 3.63) is 75.6 Å². The predicted octanol–water partition coefficient (Wildman–Crippen LogP) is 3.99. The van der Waals surface area contributed by atoms with Gasteiger partial charge in [-0.3, -0.25) is 4.79 Å². The van der Waals surface area contributed by atoms with Crippen molar-refractivity contribution in [3.63, 3.8) is 0 Å². The zero-order chi connectivity index (χ0) is 19.2. The maximum Gasteiger partial charge on any atom is 0.418 e. The van der Waals surface area contributed by atoms with Crippen LogP contribution in [0.4, 0.5) is 22.0 Å². The third kappa shape index (κ3) is 2.81. The van der Waals surface area contributed by atoms with Gasteiger partial charge in [0.2, 0.25) is 5.43 Å². The van der Waals surface area contributed by atoms with Gasteiger partial charge in [-0.15, -0.1) is 0 Å². The largest absolute Gasteiger partial charge is 0.477 e. The van der Waals surface area contributed by atoms with Gasteiger partial charge in [0.1, 0.15) is 5.56 Å². The van der Waals surface area contributed by atoms with Crippen LogP contribution >= 0.6 is 0 Å². The van der Waals surface area contributed by atoms with Crippen LogP contribution < -0.4 is 5.43 Å². The minimum Gasteiger partial charge on any atom is -0.477 e. The van der Waals surface area contributed by atoms with E-state index >= 15 is 0 Å². The van der Waals surface area contributed by atoms with Gasteiger partial charge in [-0.1, -0.05) is 12.1 Å². The van der Waals surface area contributed by atoms with Gasteiger partial charge in [-0.05, 0) is 18.2 Å². The zero-order valence-electron chi connectivity index (χ0n) is 12.6. The number of benzene rings is 2. The first-order valence-electron chi connectivity index (χ1n) is 7.05. The van der Waals surface area contributed by atoms with E-state index in [4.69, 9.17) is 5.11 Å². The molecule has 1 heterocycles. The highest BCUT2D eigenvalue weighted by Gasteiger charge is 2.34. The number of aromatic nitrogens is 1. The molecule has 1 aromatic heterocycles. The number of nitrogens with zero attached hydrogens (tertiary/aromatic N) is 1. The first-order chi connectivity index (χ1) is 12.1. The molecule has 26 heavy (non-hydrogen) atoms. The molecule has 1 N–H and O–H groups in total. The third-order valence-electron chi connectivity index (χ3n) is 3.74. The van der Waals surface area contributed by atoms with Crippen LogP contribution in [0.15, 0.2) is 47.4 Å². The fraction of sp³-hybridized carbons (Fsp3) is 0.0588. The Bertz CT molecular complexity index is 1100. The van der Waals surface area contributed by atoms with E-state index in [0.29, 0.717) is 22.9 Å². The lowest BCUT2D eigenvalue weighted by atomic mass is 10.1. The number of aromatic carboxylic acids is 1. The van der Waals surface area contributed by atoms with E-state index < -0.39 is 56.9 Å². The van der Waals surface area contributed by atoms with Gasteiger partial charge in [-0.2, -0.15) is 13.2 Å². The van der Waals surface area contributed by atoms with Crippen LogP contribution in [0.25, 0.3) is 16.6 Å². The number of rotatable bonds is 2. The van der Waals surface area contributed by atoms with Crippen molar-refractivity contribution in [1.29, 1.82) is 0 Å². The first-order valence-corrected chi connectivity index (χ1v) is 7.05. The number of carbonyl (C=O) groups is 1. The quantitative estimate of drug-likeness (QED) is 0.695. The monoisotopic (exact) mass is 369 g/mol. The molecule has 0 spiro atoms. The van der Waals surface area contributed by atoms with Crippen LogP contribution in [0, 0.1) is 11.6 Å². The minimum absolute atomic E-state index is 0.393. The average Bonchev–Trinajstić information content (AvgIpc) is 2.56. The zero-order valence-corrected chi connectivity index (χ0v) is 12.6. The molecular weight excluding hydrogens is 361 g/mol. The van der Waals surface area contributed by atoms with Gasteiger partial charge in [0.15, 0.2) is 11.6 Å². The second kappa shape index (κ2) is 5.94. The number of fused-ring (bicyclic) bond motifs is 1. The molecule has 0 bridgehead atoms. The Balaban J connectivity index is 2.52. The highest BCUT2D eigenvalue weighted by molar-refractivity contribution is 5.93. The Morgan fingerprint density at radius 2 is 1.65 bits per heavy atom. The van der Waals surface area contributed by atoms with Gasteiger partial charge >= 0.3 is 12.1 Å². The third-order valence-corrected chi connectivity index (χ3v) is 3.74. The number of hydrogen-bond acceptors (Lipinski definition) is 2.